The van der Waals surface area contributed by atoms with Crippen LogP contribution in [0, 0.1) is 5.92 Å². The summed E-state index contributed by atoms with van der Waals surface area (Å²) in [6.07, 6.45) is 6.63. The SMILES string of the molecule is CCC(CC)COC(=O)CCCCCCC(=O)OC. The van der Waals surface area contributed by atoms with E-state index in [0.717, 1.165) is 38.5 Å². The molecule has 0 fully saturated rings. The smallest absolute Gasteiger partial charge is 0.305 e. The third-order valence-electron chi connectivity index (χ3n) is 3.37. The summed E-state index contributed by atoms with van der Waals surface area (Å²) < 4.78 is 9.79. The highest BCUT2D eigenvalue weighted by molar-refractivity contribution is 5.69. The number of carbonyl (C=O) groups is 2. The molecule has 0 aliphatic carbocycles. The average Bonchev–Trinajstić information content (AvgIpc) is 2.43. The standard InChI is InChI=1S/C15H28O4/c1-4-13(5-2)12-19-15(17)11-9-7-6-8-10-14(16)18-3/h13H,4-12H2,1-3H3. The molecule has 0 radical (unpaired) electrons. The molecule has 4 heteroatoms. The zero-order valence-electron chi connectivity index (χ0n) is 12.6. The first-order chi connectivity index (χ1) is 9.13. The normalized spacial score (nSPS) is 10.5. The van der Waals surface area contributed by atoms with Gasteiger partial charge in [0.2, 0.25) is 0 Å². The fourth-order valence-electron chi connectivity index (χ4n) is 1.80. The molecule has 0 bridgehead atoms. The van der Waals surface area contributed by atoms with Crippen LogP contribution in [0.15, 0.2) is 0 Å². The number of methoxy groups -OCH3 is 1. The summed E-state index contributed by atoms with van der Waals surface area (Å²) in [4.78, 5) is 22.3. The Hall–Kier alpha value is -1.06. The van der Waals surface area contributed by atoms with Gasteiger partial charge in [-0.2, -0.15) is 0 Å². The van der Waals surface area contributed by atoms with Gasteiger partial charge in [-0.25, -0.2) is 0 Å². The molecule has 0 saturated heterocycles. The molecule has 0 saturated carbocycles. The summed E-state index contributed by atoms with van der Waals surface area (Å²) in [5.41, 5.74) is 0. The topological polar surface area (TPSA) is 52.6 Å². The van der Waals surface area contributed by atoms with Crippen molar-refractivity contribution in [1.82, 2.24) is 0 Å². The molecule has 0 unspecified atom stereocenters. The van der Waals surface area contributed by atoms with Gasteiger partial charge in [0.25, 0.3) is 0 Å². The van der Waals surface area contributed by atoms with Crippen LogP contribution in [0.25, 0.3) is 0 Å². The number of carbonyl (C=O) groups excluding carboxylic acids is 2. The Morgan fingerprint density at radius 2 is 1.42 bits per heavy atom. The molecule has 0 aliphatic heterocycles. The zero-order valence-corrected chi connectivity index (χ0v) is 12.6. The maximum absolute atomic E-state index is 11.5. The fraction of sp³-hybridized carbons (Fsp3) is 0.867. The first-order valence-corrected chi connectivity index (χ1v) is 7.36. The molecule has 0 heterocycles. The van der Waals surface area contributed by atoms with Gasteiger partial charge in [0.05, 0.1) is 13.7 Å². The second kappa shape index (κ2) is 12.0. The van der Waals surface area contributed by atoms with Crippen LogP contribution in [0.2, 0.25) is 0 Å². The molecule has 0 N–H and O–H groups in total. The van der Waals surface area contributed by atoms with Crippen LogP contribution in [0.5, 0.6) is 0 Å². The van der Waals surface area contributed by atoms with Crippen LogP contribution < -0.4 is 0 Å². The van der Waals surface area contributed by atoms with Crippen molar-refractivity contribution in [2.24, 2.45) is 5.92 Å². The number of hydrogen-bond acceptors (Lipinski definition) is 4. The Kier molecular flexibility index (Phi) is 11.3. The van der Waals surface area contributed by atoms with E-state index < -0.39 is 0 Å². The highest BCUT2D eigenvalue weighted by Crippen LogP contribution is 2.10. The summed E-state index contributed by atoms with van der Waals surface area (Å²) in [6.45, 7) is 4.78. The molecule has 112 valence electrons. The van der Waals surface area contributed by atoms with E-state index in [4.69, 9.17) is 4.74 Å². The van der Waals surface area contributed by atoms with Crippen molar-refractivity contribution in [1.29, 1.82) is 0 Å². The van der Waals surface area contributed by atoms with Crippen LogP contribution >= 0.6 is 0 Å². The Morgan fingerprint density at radius 3 is 1.89 bits per heavy atom. The quantitative estimate of drug-likeness (QED) is 0.427. The molecular formula is C15H28O4. The minimum atomic E-state index is -0.162. The lowest BCUT2D eigenvalue weighted by atomic mass is 10.1. The highest BCUT2D eigenvalue weighted by atomic mass is 16.5. The monoisotopic (exact) mass is 272 g/mol. The van der Waals surface area contributed by atoms with E-state index in [1.807, 2.05) is 0 Å². The van der Waals surface area contributed by atoms with Gasteiger partial charge < -0.3 is 9.47 Å². The van der Waals surface area contributed by atoms with Crippen molar-refractivity contribution in [2.45, 2.75) is 65.2 Å². The largest absolute Gasteiger partial charge is 0.469 e. The molecule has 0 aromatic rings. The van der Waals surface area contributed by atoms with Crippen LogP contribution in [0.1, 0.15) is 65.2 Å². The second-order valence-corrected chi connectivity index (χ2v) is 4.86. The van der Waals surface area contributed by atoms with Crippen LogP contribution in [-0.4, -0.2) is 25.7 Å². The third-order valence-corrected chi connectivity index (χ3v) is 3.37. The predicted molar refractivity (Wildman–Crippen MR) is 74.7 cm³/mol. The number of hydrogen-bond donors (Lipinski definition) is 0. The van der Waals surface area contributed by atoms with Crippen molar-refractivity contribution >= 4 is 11.9 Å². The first kappa shape index (κ1) is 17.9. The molecule has 0 aromatic heterocycles. The maximum Gasteiger partial charge on any atom is 0.305 e. The van der Waals surface area contributed by atoms with Gasteiger partial charge in [0.1, 0.15) is 0 Å². The predicted octanol–water partition coefficient (Wildman–Crippen LogP) is 3.48. The van der Waals surface area contributed by atoms with Crippen LogP contribution in [0.3, 0.4) is 0 Å². The average molecular weight is 272 g/mol. The summed E-state index contributed by atoms with van der Waals surface area (Å²) in [5, 5.41) is 0. The molecule has 0 aromatic carbocycles. The maximum atomic E-state index is 11.5. The zero-order chi connectivity index (χ0) is 14.5. The van der Waals surface area contributed by atoms with Gasteiger partial charge in [0.15, 0.2) is 0 Å². The molecule has 0 spiro atoms. The third kappa shape index (κ3) is 10.5. The van der Waals surface area contributed by atoms with Gasteiger partial charge in [0, 0.05) is 12.8 Å². The molecule has 4 nitrogen and oxygen atoms in total. The van der Waals surface area contributed by atoms with Gasteiger partial charge >= 0.3 is 11.9 Å². The van der Waals surface area contributed by atoms with Crippen molar-refractivity contribution in [3.8, 4) is 0 Å². The minimum absolute atomic E-state index is 0.0973. The number of esters is 2. The Morgan fingerprint density at radius 1 is 0.895 bits per heavy atom. The minimum Gasteiger partial charge on any atom is -0.469 e. The molecule has 0 amide bonds. The van der Waals surface area contributed by atoms with Crippen molar-refractivity contribution in [3.63, 3.8) is 0 Å². The first-order valence-electron chi connectivity index (χ1n) is 7.36. The van der Waals surface area contributed by atoms with Gasteiger partial charge in [-0.05, 0) is 18.8 Å². The Balaban J connectivity index is 3.41. The molecule has 0 aliphatic rings. The lowest BCUT2D eigenvalue weighted by Gasteiger charge is -2.12. The highest BCUT2D eigenvalue weighted by Gasteiger charge is 2.08. The van der Waals surface area contributed by atoms with E-state index in [9.17, 15) is 9.59 Å². The van der Waals surface area contributed by atoms with Crippen LogP contribution in [0.4, 0.5) is 0 Å². The number of unbranched alkanes of at least 4 members (excludes halogenated alkanes) is 3. The van der Waals surface area contributed by atoms with Crippen molar-refractivity contribution < 1.29 is 19.1 Å². The number of rotatable bonds is 11. The van der Waals surface area contributed by atoms with Gasteiger partial charge in [-0.3, -0.25) is 9.59 Å². The molecule has 0 atom stereocenters. The summed E-state index contributed by atoms with van der Waals surface area (Å²) in [7, 11) is 1.40. The van der Waals surface area contributed by atoms with E-state index in [1.54, 1.807) is 0 Å². The van der Waals surface area contributed by atoms with E-state index in [-0.39, 0.29) is 11.9 Å². The Labute approximate surface area is 116 Å². The fourth-order valence-corrected chi connectivity index (χ4v) is 1.80. The number of ether oxygens (including phenoxy) is 2. The van der Waals surface area contributed by atoms with E-state index in [0.29, 0.717) is 25.4 Å². The van der Waals surface area contributed by atoms with Gasteiger partial charge in [-0.15, -0.1) is 0 Å². The lowest BCUT2D eigenvalue weighted by molar-refractivity contribution is -0.145. The van der Waals surface area contributed by atoms with E-state index in [1.165, 1.54) is 7.11 Å². The molecular weight excluding hydrogens is 244 g/mol. The second-order valence-electron chi connectivity index (χ2n) is 4.86. The van der Waals surface area contributed by atoms with Gasteiger partial charge in [-0.1, -0.05) is 39.5 Å². The van der Waals surface area contributed by atoms with E-state index >= 15 is 0 Å². The van der Waals surface area contributed by atoms with Crippen molar-refractivity contribution in [2.75, 3.05) is 13.7 Å². The summed E-state index contributed by atoms with van der Waals surface area (Å²) in [5.74, 6) is 0.230. The van der Waals surface area contributed by atoms with E-state index in [2.05, 4.69) is 18.6 Å². The lowest BCUT2D eigenvalue weighted by Crippen LogP contribution is -2.12. The summed E-state index contributed by atoms with van der Waals surface area (Å²) >= 11 is 0. The molecule has 19 heavy (non-hydrogen) atoms. The molecule has 0 rings (SSSR count). The van der Waals surface area contributed by atoms with Crippen LogP contribution in [-0.2, 0) is 19.1 Å². The van der Waals surface area contributed by atoms with Crippen molar-refractivity contribution in [3.05, 3.63) is 0 Å². The summed E-state index contributed by atoms with van der Waals surface area (Å²) in [6, 6.07) is 0. The Bertz CT molecular complexity index is 247.